The number of amides is 2. The third-order valence-electron chi connectivity index (χ3n) is 5.49. The van der Waals surface area contributed by atoms with Gasteiger partial charge in [-0.1, -0.05) is 62.4 Å². The highest BCUT2D eigenvalue weighted by Gasteiger charge is 2.31. The standard InChI is InChI=1S/C25H30N2O6/c1-16(2)12-27(13-23(28)29)24(30)22(15-32-3)26-25(31)33-14-21-19-10-6-4-8-17(19)18-9-5-7-11-20(18)21/h4-11,16,21-22H,12-15H2,1-3H3,(H,26,31)(H,28,29)/t22-/m0/s1. The summed E-state index contributed by atoms with van der Waals surface area (Å²) >= 11 is 0. The number of fused-ring (bicyclic) bond motifs is 3. The van der Waals surface area contributed by atoms with Gasteiger partial charge in [0, 0.05) is 19.6 Å². The maximum absolute atomic E-state index is 12.9. The first-order valence-corrected chi connectivity index (χ1v) is 10.9. The van der Waals surface area contributed by atoms with E-state index in [0.717, 1.165) is 22.3 Å². The monoisotopic (exact) mass is 454 g/mol. The van der Waals surface area contributed by atoms with Gasteiger partial charge in [0.15, 0.2) is 0 Å². The number of ether oxygens (including phenoxy) is 2. The number of rotatable bonds is 10. The molecule has 1 atom stereocenters. The normalized spacial score (nSPS) is 13.2. The van der Waals surface area contributed by atoms with Crippen LogP contribution < -0.4 is 5.32 Å². The predicted molar refractivity (Wildman–Crippen MR) is 123 cm³/mol. The number of nitrogens with one attached hydrogen (secondary N) is 1. The number of benzene rings is 2. The van der Waals surface area contributed by atoms with E-state index in [2.05, 4.69) is 5.32 Å². The summed E-state index contributed by atoms with van der Waals surface area (Å²) in [6.07, 6.45) is -0.757. The van der Waals surface area contributed by atoms with Gasteiger partial charge in [-0.15, -0.1) is 0 Å². The SMILES string of the molecule is COC[C@H](NC(=O)OCC1c2ccccc2-c2ccccc21)C(=O)N(CC(=O)O)CC(C)C. The van der Waals surface area contributed by atoms with Crippen LogP contribution in [0.2, 0.25) is 0 Å². The first-order chi connectivity index (χ1) is 15.8. The second kappa shape index (κ2) is 11.0. The van der Waals surface area contributed by atoms with Crippen LogP contribution in [0, 0.1) is 5.92 Å². The van der Waals surface area contributed by atoms with Gasteiger partial charge in [-0.05, 0) is 28.2 Å². The molecule has 0 fully saturated rings. The zero-order chi connectivity index (χ0) is 24.0. The van der Waals surface area contributed by atoms with Crippen LogP contribution >= 0.6 is 0 Å². The molecule has 0 aliphatic heterocycles. The van der Waals surface area contributed by atoms with Crippen LogP contribution in [0.5, 0.6) is 0 Å². The third kappa shape index (κ3) is 5.90. The van der Waals surface area contributed by atoms with Gasteiger partial charge in [0.2, 0.25) is 5.91 Å². The van der Waals surface area contributed by atoms with Gasteiger partial charge in [0.1, 0.15) is 19.2 Å². The fourth-order valence-corrected chi connectivity index (χ4v) is 4.18. The number of carbonyl (C=O) groups is 3. The van der Waals surface area contributed by atoms with Crippen LogP contribution in [0.25, 0.3) is 11.1 Å². The van der Waals surface area contributed by atoms with E-state index in [4.69, 9.17) is 14.6 Å². The number of carboxylic acid groups (broad SMARTS) is 1. The van der Waals surface area contributed by atoms with E-state index in [0.29, 0.717) is 0 Å². The topological polar surface area (TPSA) is 105 Å². The van der Waals surface area contributed by atoms with Crippen LogP contribution in [0.15, 0.2) is 48.5 Å². The van der Waals surface area contributed by atoms with Gasteiger partial charge in [-0.2, -0.15) is 0 Å². The molecule has 0 spiro atoms. The van der Waals surface area contributed by atoms with Gasteiger partial charge in [-0.3, -0.25) is 9.59 Å². The summed E-state index contributed by atoms with van der Waals surface area (Å²) in [6.45, 7) is 3.57. The Balaban J connectivity index is 1.68. The number of hydrogen-bond acceptors (Lipinski definition) is 5. The van der Waals surface area contributed by atoms with E-state index in [-0.39, 0.29) is 31.6 Å². The molecule has 8 heteroatoms. The van der Waals surface area contributed by atoms with Crippen molar-refractivity contribution in [2.24, 2.45) is 5.92 Å². The van der Waals surface area contributed by atoms with Crippen LogP contribution in [0.4, 0.5) is 4.79 Å². The van der Waals surface area contributed by atoms with Gasteiger partial charge >= 0.3 is 12.1 Å². The minimum atomic E-state index is -1.12. The molecule has 2 amide bonds. The maximum atomic E-state index is 12.9. The number of alkyl carbamates (subject to hydrolysis) is 1. The van der Waals surface area contributed by atoms with Crippen LogP contribution in [-0.4, -0.2) is 67.4 Å². The molecule has 0 heterocycles. The van der Waals surface area contributed by atoms with Gasteiger partial charge in [0.25, 0.3) is 0 Å². The summed E-state index contributed by atoms with van der Waals surface area (Å²) in [6, 6.07) is 15.0. The molecule has 176 valence electrons. The van der Waals surface area contributed by atoms with Crippen molar-refractivity contribution < 1.29 is 29.0 Å². The quantitative estimate of drug-likeness (QED) is 0.572. The van der Waals surface area contributed by atoms with Crippen molar-refractivity contribution in [2.45, 2.75) is 25.8 Å². The first-order valence-electron chi connectivity index (χ1n) is 10.9. The molecule has 2 aromatic rings. The number of carbonyl (C=O) groups excluding carboxylic acids is 2. The average molecular weight is 455 g/mol. The third-order valence-corrected chi connectivity index (χ3v) is 5.49. The lowest BCUT2D eigenvalue weighted by Crippen LogP contribution is -2.53. The Kier molecular flexibility index (Phi) is 8.06. The zero-order valence-electron chi connectivity index (χ0n) is 19.1. The molecule has 3 rings (SSSR count). The second-order valence-electron chi connectivity index (χ2n) is 8.48. The van der Waals surface area contributed by atoms with Gasteiger partial charge < -0.3 is 24.8 Å². The van der Waals surface area contributed by atoms with E-state index in [1.807, 2.05) is 62.4 Å². The highest BCUT2D eigenvalue weighted by atomic mass is 16.5. The Morgan fingerprint density at radius 3 is 2.12 bits per heavy atom. The lowest BCUT2D eigenvalue weighted by atomic mass is 9.98. The molecule has 0 bridgehead atoms. The van der Waals surface area contributed by atoms with Crippen molar-refractivity contribution in [1.82, 2.24) is 10.2 Å². The molecule has 1 aliphatic rings. The molecule has 2 N–H and O–H groups in total. The number of hydrogen-bond donors (Lipinski definition) is 2. The van der Waals surface area contributed by atoms with Crippen LogP contribution in [0.3, 0.4) is 0 Å². The Labute approximate surface area is 193 Å². The Hall–Kier alpha value is -3.39. The lowest BCUT2D eigenvalue weighted by molar-refractivity contribution is -0.146. The Bertz CT molecular complexity index is 960. The van der Waals surface area contributed by atoms with Crippen molar-refractivity contribution in [1.29, 1.82) is 0 Å². The van der Waals surface area contributed by atoms with E-state index < -0.39 is 30.6 Å². The molecule has 33 heavy (non-hydrogen) atoms. The number of aliphatic carboxylic acids is 1. The van der Waals surface area contributed by atoms with E-state index in [9.17, 15) is 14.4 Å². The van der Waals surface area contributed by atoms with Gasteiger partial charge in [0.05, 0.1) is 6.61 Å². The fourth-order valence-electron chi connectivity index (χ4n) is 4.18. The maximum Gasteiger partial charge on any atom is 0.407 e. The molecule has 8 nitrogen and oxygen atoms in total. The Morgan fingerprint density at radius 2 is 1.61 bits per heavy atom. The summed E-state index contributed by atoms with van der Waals surface area (Å²) in [5.74, 6) is -1.70. The molecule has 0 unspecified atom stereocenters. The smallest absolute Gasteiger partial charge is 0.407 e. The molecule has 0 saturated carbocycles. The van der Waals surface area contributed by atoms with Crippen molar-refractivity contribution in [3.8, 4) is 11.1 Å². The minimum Gasteiger partial charge on any atom is -0.480 e. The van der Waals surface area contributed by atoms with Crippen LogP contribution in [0.1, 0.15) is 30.9 Å². The molecule has 0 radical (unpaired) electrons. The van der Waals surface area contributed by atoms with Gasteiger partial charge in [-0.25, -0.2) is 4.79 Å². The van der Waals surface area contributed by atoms with Crippen molar-refractivity contribution >= 4 is 18.0 Å². The minimum absolute atomic E-state index is 0.0611. The van der Waals surface area contributed by atoms with Crippen LogP contribution in [-0.2, 0) is 19.1 Å². The van der Waals surface area contributed by atoms with E-state index in [1.54, 1.807) is 0 Å². The molecular formula is C25H30N2O6. The molecule has 0 saturated heterocycles. The summed E-state index contributed by atoms with van der Waals surface area (Å²) in [4.78, 5) is 38.0. The number of nitrogens with zero attached hydrogens (tertiary/aromatic N) is 1. The molecular weight excluding hydrogens is 424 g/mol. The van der Waals surface area contributed by atoms with Crippen molar-refractivity contribution in [2.75, 3.05) is 33.4 Å². The summed E-state index contributed by atoms with van der Waals surface area (Å²) < 4.78 is 10.6. The lowest BCUT2D eigenvalue weighted by Gasteiger charge is -2.27. The predicted octanol–water partition coefficient (Wildman–Crippen LogP) is 3.11. The second-order valence-corrected chi connectivity index (χ2v) is 8.48. The molecule has 0 aromatic heterocycles. The average Bonchev–Trinajstić information content (AvgIpc) is 3.09. The number of carboxylic acids is 1. The summed E-state index contributed by atoms with van der Waals surface area (Å²) in [5, 5.41) is 11.7. The Morgan fingerprint density at radius 1 is 1.03 bits per heavy atom. The van der Waals surface area contributed by atoms with Crippen molar-refractivity contribution in [3.63, 3.8) is 0 Å². The largest absolute Gasteiger partial charge is 0.480 e. The van der Waals surface area contributed by atoms with E-state index >= 15 is 0 Å². The number of methoxy groups -OCH3 is 1. The molecule has 2 aromatic carbocycles. The highest BCUT2D eigenvalue weighted by molar-refractivity contribution is 5.88. The fraction of sp³-hybridized carbons (Fsp3) is 0.400. The zero-order valence-corrected chi connectivity index (χ0v) is 19.1. The highest BCUT2D eigenvalue weighted by Crippen LogP contribution is 2.44. The summed E-state index contributed by atoms with van der Waals surface area (Å²) in [5.41, 5.74) is 4.40. The first kappa shape index (κ1) is 24.3. The van der Waals surface area contributed by atoms with E-state index in [1.165, 1.54) is 12.0 Å². The summed E-state index contributed by atoms with van der Waals surface area (Å²) in [7, 11) is 1.41. The van der Waals surface area contributed by atoms with Crippen molar-refractivity contribution in [3.05, 3.63) is 59.7 Å². The molecule has 1 aliphatic carbocycles.